The fourth-order valence-corrected chi connectivity index (χ4v) is 2.23. The zero-order valence-electron chi connectivity index (χ0n) is 11.9. The molecule has 104 valence electrons. The van der Waals surface area contributed by atoms with Crippen molar-refractivity contribution >= 4 is 7.82 Å². The molecule has 0 aliphatic rings. The van der Waals surface area contributed by atoms with Crippen LogP contribution < -0.4 is 0 Å². The van der Waals surface area contributed by atoms with E-state index in [1.54, 1.807) is 0 Å². The highest BCUT2D eigenvalue weighted by Gasteiger charge is 2.27. The molecule has 0 heterocycles. The van der Waals surface area contributed by atoms with Crippen LogP contribution in [0.2, 0.25) is 0 Å². The largest absolute Gasteiger partial charge is 0.469 e. The van der Waals surface area contributed by atoms with Gasteiger partial charge in [0.1, 0.15) is 0 Å². The summed E-state index contributed by atoms with van der Waals surface area (Å²) >= 11 is 0. The van der Waals surface area contributed by atoms with Crippen LogP contribution in [0.3, 0.4) is 0 Å². The molecule has 0 saturated heterocycles. The first-order valence-electron chi connectivity index (χ1n) is 6.02. The van der Waals surface area contributed by atoms with Crippen LogP contribution in [0.1, 0.15) is 60.8 Å². The lowest BCUT2D eigenvalue weighted by Crippen LogP contribution is -2.22. The molecule has 1 atom stereocenters. The molecule has 0 aromatic carbocycles. The van der Waals surface area contributed by atoms with Gasteiger partial charge in [-0.3, -0.25) is 4.52 Å². The maximum atomic E-state index is 10.9. The van der Waals surface area contributed by atoms with E-state index < -0.39 is 7.82 Å². The van der Waals surface area contributed by atoms with Crippen molar-refractivity contribution in [1.82, 2.24) is 0 Å². The van der Waals surface area contributed by atoms with Gasteiger partial charge in [0.25, 0.3) is 0 Å². The molecule has 0 spiro atoms. The van der Waals surface area contributed by atoms with Gasteiger partial charge in [0.15, 0.2) is 0 Å². The standard InChI is InChI=1S/C12H27O4P/c1-11(2,3)8-7-10(9-12(4,5)6)16-17(13,14)15/h10H,7-9H2,1-6H3,(H2,13,14,15). The van der Waals surface area contributed by atoms with Gasteiger partial charge in [-0.15, -0.1) is 0 Å². The molecule has 0 rings (SSSR count). The Hall–Kier alpha value is 0.110. The van der Waals surface area contributed by atoms with Crippen LogP contribution >= 0.6 is 7.82 Å². The van der Waals surface area contributed by atoms with Crippen molar-refractivity contribution in [3.63, 3.8) is 0 Å². The first kappa shape index (κ1) is 17.1. The van der Waals surface area contributed by atoms with Crippen molar-refractivity contribution in [3.8, 4) is 0 Å². The van der Waals surface area contributed by atoms with Crippen LogP contribution in [-0.4, -0.2) is 15.9 Å². The van der Waals surface area contributed by atoms with Gasteiger partial charge in [-0.1, -0.05) is 41.5 Å². The van der Waals surface area contributed by atoms with Gasteiger partial charge in [-0.2, -0.15) is 0 Å². The summed E-state index contributed by atoms with van der Waals surface area (Å²) in [6.45, 7) is 12.5. The van der Waals surface area contributed by atoms with Crippen LogP contribution in [0.25, 0.3) is 0 Å². The predicted molar refractivity (Wildman–Crippen MR) is 69.7 cm³/mol. The number of phosphoric ester groups is 1. The van der Waals surface area contributed by atoms with E-state index in [0.29, 0.717) is 12.8 Å². The minimum Gasteiger partial charge on any atom is -0.303 e. The lowest BCUT2D eigenvalue weighted by Gasteiger charge is -2.28. The van der Waals surface area contributed by atoms with Crippen molar-refractivity contribution in [2.45, 2.75) is 66.9 Å². The zero-order chi connectivity index (χ0) is 13.9. The van der Waals surface area contributed by atoms with Gasteiger partial charge in [-0.25, -0.2) is 4.57 Å². The monoisotopic (exact) mass is 266 g/mol. The van der Waals surface area contributed by atoms with E-state index in [1.807, 2.05) is 20.8 Å². The van der Waals surface area contributed by atoms with Gasteiger partial charge in [0, 0.05) is 0 Å². The molecular weight excluding hydrogens is 239 g/mol. The average molecular weight is 266 g/mol. The molecule has 0 radical (unpaired) electrons. The highest BCUT2D eigenvalue weighted by molar-refractivity contribution is 7.46. The summed E-state index contributed by atoms with van der Waals surface area (Å²) in [5.41, 5.74) is 0.145. The highest BCUT2D eigenvalue weighted by atomic mass is 31.2. The Labute approximate surface area is 105 Å². The minimum atomic E-state index is -4.39. The number of hydrogen-bond acceptors (Lipinski definition) is 2. The molecule has 5 heteroatoms. The van der Waals surface area contributed by atoms with E-state index in [0.717, 1.165) is 6.42 Å². The molecule has 1 unspecified atom stereocenters. The zero-order valence-corrected chi connectivity index (χ0v) is 12.8. The third-order valence-corrected chi connectivity index (χ3v) is 2.92. The number of hydrogen-bond donors (Lipinski definition) is 2. The second kappa shape index (κ2) is 5.83. The van der Waals surface area contributed by atoms with Gasteiger partial charge >= 0.3 is 7.82 Å². The van der Waals surface area contributed by atoms with Gasteiger partial charge in [0.2, 0.25) is 0 Å². The maximum Gasteiger partial charge on any atom is 0.469 e. The van der Waals surface area contributed by atoms with Gasteiger partial charge in [-0.05, 0) is 30.1 Å². The third-order valence-electron chi connectivity index (χ3n) is 2.34. The minimum absolute atomic E-state index is 0.00226. The summed E-state index contributed by atoms with van der Waals surface area (Å²) in [7, 11) is -4.39. The van der Waals surface area contributed by atoms with Crippen LogP contribution in [0, 0.1) is 10.8 Å². The molecule has 2 N–H and O–H groups in total. The molecule has 0 fully saturated rings. The Morgan fingerprint density at radius 1 is 1.06 bits per heavy atom. The molecule has 0 aliphatic carbocycles. The third kappa shape index (κ3) is 12.4. The van der Waals surface area contributed by atoms with Crippen LogP contribution in [0.5, 0.6) is 0 Å². The summed E-state index contributed by atoms with van der Waals surface area (Å²) < 4.78 is 15.8. The molecule has 0 bridgehead atoms. The molecule has 0 amide bonds. The quantitative estimate of drug-likeness (QED) is 0.744. The Morgan fingerprint density at radius 3 is 1.82 bits per heavy atom. The Bertz CT molecular complexity index is 269. The van der Waals surface area contributed by atoms with Crippen LogP contribution in [-0.2, 0) is 9.09 Å². The SMILES string of the molecule is CC(C)(C)CCC(CC(C)(C)C)OP(=O)(O)O. The Morgan fingerprint density at radius 2 is 1.53 bits per heavy atom. The summed E-state index contributed by atoms with van der Waals surface area (Å²) in [5.74, 6) is 0. The molecule has 0 aromatic heterocycles. The Balaban J connectivity index is 4.47. The number of rotatable bonds is 5. The van der Waals surface area contributed by atoms with E-state index in [9.17, 15) is 4.57 Å². The van der Waals surface area contributed by atoms with Crippen molar-refractivity contribution in [3.05, 3.63) is 0 Å². The van der Waals surface area contributed by atoms with Gasteiger partial charge < -0.3 is 9.79 Å². The molecular formula is C12H27O4P. The summed E-state index contributed by atoms with van der Waals surface area (Å²) in [6, 6.07) is 0. The predicted octanol–water partition coefficient (Wildman–Crippen LogP) is 3.73. The van der Waals surface area contributed by atoms with Crippen molar-refractivity contribution in [1.29, 1.82) is 0 Å². The maximum absolute atomic E-state index is 10.9. The Kier molecular flexibility index (Phi) is 5.87. The van der Waals surface area contributed by atoms with Crippen LogP contribution in [0.4, 0.5) is 0 Å². The van der Waals surface area contributed by atoms with E-state index >= 15 is 0 Å². The fourth-order valence-electron chi connectivity index (χ4n) is 1.66. The molecule has 0 aromatic rings. The van der Waals surface area contributed by atoms with Gasteiger partial charge in [0.05, 0.1) is 6.10 Å². The second-order valence-electron chi connectivity index (χ2n) is 7.08. The first-order valence-corrected chi connectivity index (χ1v) is 7.55. The topological polar surface area (TPSA) is 66.8 Å². The van der Waals surface area contributed by atoms with E-state index in [4.69, 9.17) is 14.3 Å². The first-order chi connectivity index (χ1) is 7.29. The summed E-state index contributed by atoms with van der Waals surface area (Å²) in [4.78, 5) is 17.8. The lowest BCUT2D eigenvalue weighted by atomic mass is 9.84. The van der Waals surface area contributed by atoms with Crippen molar-refractivity contribution in [2.24, 2.45) is 10.8 Å². The fraction of sp³-hybridized carbons (Fsp3) is 1.00. The lowest BCUT2D eigenvalue weighted by molar-refractivity contribution is 0.0838. The normalized spacial score (nSPS) is 16.0. The van der Waals surface area contributed by atoms with E-state index in [1.165, 1.54) is 0 Å². The summed E-state index contributed by atoms with van der Waals surface area (Å²) in [5, 5.41) is 0. The molecule has 17 heavy (non-hydrogen) atoms. The molecule has 0 saturated carbocycles. The molecule has 0 aliphatic heterocycles. The smallest absolute Gasteiger partial charge is 0.303 e. The van der Waals surface area contributed by atoms with Crippen LogP contribution in [0.15, 0.2) is 0 Å². The van der Waals surface area contributed by atoms with Crippen molar-refractivity contribution < 1.29 is 18.9 Å². The number of phosphoric acid groups is 1. The van der Waals surface area contributed by atoms with E-state index in [2.05, 4.69) is 20.8 Å². The van der Waals surface area contributed by atoms with Crippen molar-refractivity contribution in [2.75, 3.05) is 0 Å². The second-order valence-corrected chi connectivity index (χ2v) is 8.27. The van der Waals surface area contributed by atoms with E-state index in [-0.39, 0.29) is 16.9 Å². The molecule has 4 nitrogen and oxygen atoms in total. The average Bonchev–Trinajstić information content (AvgIpc) is 1.92. The summed E-state index contributed by atoms with van der Waals surface area (Å²) in [6.07, 6.45) is 1.82. The highest BCUT2D eigenvalue weighted by Crippen LogP contribution is 2.42.